The molecule has 0 aliphatic rings. The standard InChI is InChI=1S/C29H19F3N2O3S/c30-29(31,32)38(35,36)37-26-16-24(27-18-22(11-13-33-27)20-7-3-1-4-8-20)15-25(17-26)28-19-23(12-14-34-28)21-9-5-2-6-10-21/h1-19H. The Morgan fingerprint density at radius 3 is 1.42 bits per heavy atom. The maximum atomic E-state index is 13.1. The number of hydrogen-bond acceptors (Lipinski definition) is 5. The molecule has 5 rings (SSSR count). The molecule has 0 aliphatic heterocycles. The van der Waals surface area contributed by atoms with E-state index in [1.165, 1.54) is 12.1 Å². The zero-order chi connectivity index (χ0) is 26.8. The third-order valence-corrected chi connectivity index (χ3v) is 6.70. The van der Waals surface area contributed by atoms with Gasteiger partial charge in [0.1, 0.15) is 5.75 Å². The van der Waals surface area contributed by atoms with Crippen LogP contribution in [0.2, 0.25) is 0 Å². The molecule has 0 saturated heterocycles. The molecule has 0 atom stereocenters. The van der Waals surface area contributed by atoms with E-state index >= 15 is 0 Å². The van der Waals surface area contributed by atoms with Crippen LogP contribution in [0.5, 0.6) is 5.75 Å². The monoisotopic (exact) mass is 532 g/mol. The first-order valence-corrected chi connectivity index (χ1v) is 12.8. The molecule has 0 amide bonds. The first-order valence-electron chi connectivity index (χ1n) is 11.4. The highest BCUT2D eigenvalue weighted by Crippen LogP contribution is 2.35. The third kappa shape index (κ3) is 5.42. The maximum absolute atomic E-state index is 13.1. The van der Waals surface area contributed by atoms with Crippen molar-refractivity contribution in [1.29, 1.82) is 0 Å². The molecule has 0 saturated carbocycles. The van der Waals surface area contributed by atoms with Gasteiger partial charge in [-0.15, -0.1) is 0 Å². The van der Waals surface area contributed by atoms with Crippen LogP contribution in [-0.2, 0) is 10.1 Å². The first-order chi connectivity index (χ1) is 18.2. The fourth-order valence-corrected chi connectivity index (χ4v) is 4.36. The zero-order valence-electron chi connectivity index (χ0n) is 19.6. The predicted octanol–water partition coefficient (Wildman–Crippen LogP) is 7.37. The van der Waals surface area contributed by atoms with Gasteiger partial charge in [0, 0.05) is 23.5 Å². The van der Waals surface area contributed by atoms with E-state index in [-0.39, 0.29) is 0 Å². The lowest BCUT2D eigenvalue weighted by atomic mass is 9.99. The molecule has 0 radical (unpaired) electrons. The molecular weight excluding hydrogens is 513 g/mol. The molecule has 3 aromatic carbocycles. The van der Waals surface area contributed by atoms with Crippen molar-refractivity contribution in [3.63, 3.8) is 0 Å². The van der Waals surface area contributed by atoms with Crippen molar-refractivity contribution >= 4 is 10.1 Å². The minimum atomic E-state index is -5.89. The summed E-state index contributed by atoms with van der Waals surface area (Å²) in [6, 6.07) is 30.2. The van der Waals surface area contributed by atoms with Crippen LogP contribution < -0.4 is 4.18 Å². The fraction of sp³-hybridized carbons (Fsp3) is 0.0345. The lowest BCUT2D eigenvalue weighted by molar-refractivity contribution is -0.0500. The van der Waals surface area contributed by atoms with E-state index < -0.39 is 21.4 Å². The summed E-state index contributed by atoms with van der Waals surface area (Å²) in [6.45, 7) is 0. The molecule has 0 spiro atoms. The predicted molar refractivity (Wildman–Crippen MR) is 139 cm³/mol. The van der Waals surface area contributed by atoms with Gasteiger partial charge in [-0.2, -0.15) is 21.6 Å². The van der Waals surface area contributed by atoms with Gasteiger partial charge < -0.3 is 4.18 Å². The lowest BCUT2D eigenvalue weighted by Gasteiger charge is -2.13. The van der Waals surface area contributed by atoms with E-state index in [0.29, 0.717) is 22.5 Å². The largest absolute Gasteiger partial charge is 0.534 e. The van der Waals surface area contributed by atoms with E-state index in [1.807, 2.05) is 60.7 Å². The van der Waals surface area contributed by atoms with Crippen molar-refractivity contribution in [1.82, 2.24) is 9.97 Å². The van der Waals surface area contributed by atoms with Crippen LogP contribution >= 0.6 is 0 Å². The molecule has 2 aromatic heterocycles. The molecule has 190 valence electrons. The highest BCUT2D eigenvalue weighted by atomic mass is 32.2. The van der Waals surface area contributed by atoms with E-state index in [0.717, 1.165) is 22.3 Å². The molecule has 0 unspecified atom stereocenters. The van der Waals surface area contributed by atoms with Crippen molar-refractivity contribution in [2.24, 2.45) is 0 Å². The van der Waals surface area contributed by atoms with Gasteiger partial charge in [0.2, 0.25) is 0 Å². The number of halogens is 3. The molecule has 0 bridgehead atoms. The third-order valence-electron chi connectivity index (χ3n) is 5.72. The number of aromatic nitrogens is 2. The Morgan fingerprint density at radius 2 is 1.00 bits per heavy atom. The summed E-state index contributed by atoms with van der Waals surface area (Å²) in [5.74, 6) is -0.506. The average molecular weight is 533 g/mol. The highest BCUT2D eigenvalue weighted by Gasteiger charge is 2.48. The molecule has 0 fully saturated rings. The normalized spacial score (nSPS) is 11.8. The molecule has 0 N–H and O–H groups in total. The van der Waals surface area contributed by atoms with Crippen molar-refractivity contribution in [2.75, 3.05) is 0 Å². The van der Waals surface area contributed by atoms with E-state index in [9.17, 15) is 21.6 Å². The van der Waals surface area contributed by atoms with E-state index in [2.05, 4.69) is 14.2 Å². The number of benzene rings is 3. The van der Waals surface area contributed by atoms with Crippen molar-refractivity contribution in [3.05, 3.63) is 116 Å². The number of rotatable bonds is 6. The summed E-state index contributed by atoms with van der Waals surface area (Å²) in [4.78, 5) is 8.75. The highest BCUT2D eigenvalue weighted by molar-refractivity contribution is 7.88. The van der Waals surface area contributed by atoms with Crippen molar-refractivity contribution in [2.45, 2.75) is 5.51 Å². The number of alkyl halides is 3. The quantitative estimate of drug-likeness (QED) is 0.169. The maximum Gasteiger partial charge on any atom is 0.534 e. The number of hydrogen-bond donors (Lipinski definition) is 0. The van der Waals surface area contributed by atoms with Gasteiger partial charge in [-0.1, -0.05) is 60.7 Å². The van der Waals surface area contributed by atoms with Gasteiger partial charge >= 0.3 is 15.6 Å². The summed E-state index contributed by atoms with van der Waals surface area (Å²) >= 11 is 0. The Labute approximate surface area is 217 Å². The summed E-state index contributed by atoms with van der Waals surface area (Å²) in [5.41, 5.74) is -0.532. The zero-order valence-corrected chi connectivity index (χ0v) is 20.4. The van der Waals surface area contributed by atoms with E-state index in [1.54, 1.807) is 42.7 Å². The molecule has 2 heterocycles. The Bertz CT molecular complexity index is 1590. The van der Waals surface area contributed by atoms with Crippen LogP contribution in [0.4, 0.5) is 13.2 Å². The second kappa shape index (κ2) is 10.1. The molecule has 5 aromatic rings. The number of nitrogens with zero attached hydrogens (tertiary/aromatic N) is 2. The Kier molecular flexibility index (Phi) is 6.69. The van der Waals surface area contributed by atoms with Crippen molar-refractivity contribution < 1.29 is 25.8 Å². The van der Waals surface area contributed by atoms with Crippen LogP contribution in [0.3, 0.4) is 0 Å². The Morgan fingerprint density at radius 1 is 0.553 bits per heavy atom. The van der Waals surface area contributed by atoms with Gasteiger partial charge in [-0.25, -0.2) is 0 Å². The van der Waals surface area contributed by atoms with Crippen LogP contribution in [0, 0.1) is 0 Å². The summed E-state index contributed by atoms with van der Waals surface area (Å²) in [6.07, 6.45) is 3.15. The molecule has 38 heavy (non-hydrogen) atoms. The second-order valence-electron chi connectivity index (χ2n) is 8.32. The number of pyridine rings is 2. The smallest absolute Gasteiger partial charge is 0.376 e. The molecule has 0 aliphatic carbocycles. The molecule has 5 nitrogen and oxygen atoms in total. The molecule has 9 heteroatoms. The van der Waals surface area contributed by atoms with Gasteiger partial charge in [0.25, 0.3) is 0 Å². The van der Waals surface area contributed by atoms with Gasteiger partial charge in [-0.05, 0) is 64.7 Å². The molecular formula is C29H19F3N2O3S. The first kappa shape index (κ1) is 25.2. The Balaban J connectivity index is 1.64. The topological polar surface area (TPSA) is 69.2 Å². The van der Waals surface area contributed by atoms with Crippen LogP contribution in [0.1, 0.15) is 0 Å². The Hall–Kier alpha value is -4.50. The SMILES string of the molecule is O=S(=O)(Oc1cc(-c2cc(-c3ccccc3)ccn2)cc(-c2cc(-c3ccccc3)ccn2)c1)C(F)(F)F. The average Bonchev–Trinajstić information content (AvgIpc) is 2.93. The minimum Gasteiger partial charge on any atom is -0.376 e. The fourth-order valence-electron chi connectivity index (χ4n) is 3.91. The van der Waals surface area contributed by atoms with Crippen LogP contribution in [0.25, 0.3) is 44.8 Å². The van der Waals surface area contributed by atoms with Gasteiger partial charge in [-0.3, -0.25) is 9.97 Å². The second-order valence-corrected chi connectivity index (χ2v) is 9.86. The van der Waals surface area contributed by atoms with Crippen molar-refractivity contribution in [3.8, 4) is 50.5 Å². The van der Waals surface area contributed by atoms with E-state index in [4.69, 9.17) is 0 Å². The summed E-state index contributed by atoms with van der Waals surface area (Å²) in [7, 11) is -5.89. The summed E-state index contributed by atoms with van der Waals surface area (Å²) in [5, 5.41) is 0. The van der Waals surface area contributed by atoms with Crippen LogP contribution in [0.15, 0.2) is 116 Å². The lowest BCUT2D eigenvalue weighted by Crippen LogP contribution is -2.28. The summed E-state index contributed by atoms with van der Waals surface area (Å²) < 4.78 is 67.5. The van der Waals surface area contributed by atoms with Gasteiger partial charge in [0.15, 0.2) is 0 Å². The minimum absolute atomic E-state index is 0.361. The van der Waals surface area contributed by atoms with Gasteiger partial charge in [0.05, 0.1) is 11.4 Å². The van der Waals surface area contributed by atoms with Crippen LogP contribution in [-0.4, -0.2) is 23.9 Å².